The van der Waals surface area contributed by atoms with Crippen LogP contribution in [0, 0.1) is 25.2 Å². The Balaban J connectivity index is 1.38. The van der Waals surface area contributed by atoms with Gasteiger partial charge in [-0.3, -0.25) is 9.88 Å². The lowest BCUT2D eigenvalue weighted by Gasteiger charge is -2.32. The molecule has 0 spiro atoms. The van der Waals surface area contributed by atoms with Crippen LogP contribution in [0.3, 0.4) is 0 Å². The van der Waals surface area contributed by atoms with Crippen LogP contribution in [-0.4, -0.2) is 53.0 Å². The van der Waals surface area contributed by atoms with Gasteiger partial charge in [0.25, 0.3) is 0 Å². The number of furan rings is 1. The summed E-state index contributed by atoms with van der Waals surface area (Å²) in [6.07, 6.45) is 3.57. The highest BCUT2D eigenvalue weighted by molar-refractivity contribution is 5.93. The second-order valence-corrected chi connectivity index (χ2v) is 9.98. The number of nitriles is 1. The summed E-state index contributed by atoms with van der Waals surface area (Å²) < 4.78 is 6.35. The van der Waals surface area contributed by atoms with Crippen LogP contribution in [0.25, 0.3) is 33.2 Å². The van der Waals surface area contributed by atoms with Gasteiger partial charge in [0.15, 0.2) is 0 Å². The maximum atomic E-state index is 9.94. The molecule has 4 heterocycles. The van der Waals surface area contributed by atoms with Crippen molar-refractivity contribution in [3.8, 4) is 17.4 Å². The summed E-state index contributed by atoms with van der Waals surface area (Å²) in [7, 11) is 2.18. The van der Waals surface area contributed by atoms with Gasteiger partial charge in [-0.1, -0.05) is 6.07 Å². The van der Waals surface area contributed by atoms with E-state index in [0.717, 1.165) is 77.1 Å². The van der Waals surface area contributed by atoms with Crippen molar-refractivity contribution in [2.75, 3.05) is 38.5 Å². The maximum absolute atomic E-state index is 9.94. The van der Waals surface area contributed by atoms with Gasteiger partial charge in [0.2, 0.25) is 0 Å². The van der Waals surface area contributed by atoms with Gasteiger partial charge < -0.3 is 19.6 Å². The number of nitrogens with zero attached hydrogens (tertiary/aromatic N) is 4. The van der Waals surface area contributed by atoms with Crippen LogP contribution in [0.2, 0.25) is 0 Å². The molecule has 7 nitrogen and oxygen atoms in total. The first-order valence-corrected chi connectivity index (χ1v) is 12.7. The van der Waals surface area contributed by atoms with E-state index in [9.17, 15) is 5.26 Å². The predicted octanol–water partition coefficient (Wildman–Crippen LogP) is 5.96. The van der Waals surface area contributed by atoms with Crippen LogP contribution in [0.5, 0.6) is 0 Å². The standard InChI is InChI=1S/C30H30N6O/c1-19-24-8-9-32-26(24)6-5-25(19)34-30-23(16-31)17-33-20(2)29(30)28-15-22-14-21(4-7-27(22)37-28)18-36-12-10-35(3)11-13-36/h4-9,14-15,17,32H,10-13,18H2,1-3H3,(H,33,34). The number of rotatable bonds is 5. The Morgan fingerprint density at radius 3 is 2.73 bits per heavy atom. The molecule has 6 rings (SSSR count). The van der Waals surface area contributed by atoms with Gasteiger partial charge in [-0.2, -0.15) is 5.26 Å². The molecule has 186 valence electrons. The summed E-state index contributed by atoms with van der Waals surface area (Å²) >= 11 is 0. The Labute approximate surface area is 216 Å². The molecule has 0 unspecified atom stereocenters. The zero-order valence-corrected chi connectivity index (χ0v) is 21.4. The molecule has 3 aromatic heterocycles. The number of pyridine rings is 1. The molecule has 5 aromatic rings. The molecule has 0 saturated carbocycles. The summed E-state index contributed by atoms with van der Waals surface area (Å²) in [4.78, 5) is 12.7. The number of aromatic nitrogens is 2. The lowest BCUT2D eigenvalue weighted by atomic mass is 10.0. The van der Waals surface area contributed by atoms with Crippen LogP contribution in [0.1, 0.15) is 22.4 Å². The van der Waals surface area contributed by atoms with Crippen molar-refractivity contribution in [1.29, 1.82) is 5.26 Å². The molecule has 0 aliphatic carbocycles. The van der Waals surface area contributed by atoms with Gasteiger partial charge in [-0.25, -0.2) is 0 Å². The average Bonchev–Trinajstić information content (AvgIpc) is 3.54. The highest BCUT2D eigenvalue weighted by Gasteiger charge is 2.20. The first-order chi connectivity index (χ1) is 18.0. The monoisotopic (exact) mass is 490 g/mol. The summed E-state index contributed by atoms with van der Waals surface area (Å²) in [5.41, 5.74) is 8.05. The maximum Gasteiger partial charge on any atom is 0.139 e. The van der Waals surface area contributed by atoms with Crippen molar-refractivity contribution in [3.63, 3.8) is 0 Å². The Bertz CT molecular complexity index is 1650. The van der Waals surface area contributed by atoms with Crippen LogP contribution < -0.4 is 5.32 Å². The summed E-state index contributed by atoms with van der Waals surface area (Å²) in [5, 5.41) is 15.7. The molecule has 0 bridgehead atoms. The quantitative estimate of drug-likeness (QED) is 0.316. The number of aryl methyl sites for hydroxylation is 2. The van der Waals surface area contributed by atoms with E-state index in [1.165, 1.54) is 5.56 Å². The minimum atomic E-state index is 0.477. The highest BCUT2D eigenvalue weighted by Crippen LogP contribution is 2.39. The van der Waals surface area contributed by atoms with E-state index in [-0.39, 0.29) is 0 Å². The van der Waals surface area contributed by atoms with Crippen molar-refractivity contribution >= 4 is 33.2 Å². The van der Waals surface area contributed by atoms with Crippen molar-refractivity contribution in [1.82, 2.24) is 19.8 Å². The fraction of sp³-hybridized carbons (Fsp3) is 0.267. The first kappa shape index (κ1) is 23.3. The molecule has 1 aliphatic rings. The molecule has 0 radical (unpaired) electrons. The van der Waals surface area contributed by atoms with E-state index in [1.807, 2.05) is 25.3 Å². The number of benzene rings is 2. The number of nitrogens with one attached hydrogen (secondary N) is 2. The molecule has 0 atom stereocenters. The fourth-order valence-corrected chi connectivity index (χ4v) is 5.25. The molecule has 2 N–H and O–H groups in total. The normalized spacial score (nSPS) is 14.9. The summed E-state index contributed by atoms with van der Waals surface area (Å²) in [6, 6.07) is 17.0. The molecule has 2 aromatic carbocycles. The minimum Gasteiger partial charge on any atom is -0.456 e. The summed E-state index contributed by atoms with van der Waals surface area (Å²) in [5.74, 6) is 0.705. The fourth-order valence-electron chi connectivity index (χ4n) is 5.25. The number of fused-ring (bicyclic) bond motifs is 2. The van der Waals surface area contributed by atoms with Gasteiger partial charge in [-0.15, -0.1) is 0 Å². The molecular weight excluding hydrogens is 460 g/mol. The number of hydrogen-bond acceptors (Lipinski definition) is 6. The molecule has 1 fully saturated rings. The van der Waals surface area contributed by atoms with Crippen molar-refractivity contribution in [3.05, 3.63) is 77.2 Å². The van der Waals surface area contributed by atoms with Gasteiger partial charge >= 0.3 is 0 Å². The SMILES string of the molecule is Cc1ncc(C#N)c(Nc2ccc3[nH]ccc3c2C)c1-c1cc2cc(CN3CCN(C)CC3)ccc2o1. The number of aromatic amines is 1. The molecule has 1 aliphatic heterocycles. The van der Waals surface area contributed by atoms with Gasteiger partial charge in [0, 0.05) is 67.1 Å². The van der Waals surface area contributed by atoms with E-state index in [2.05, 4.69) is 75.5 Å². The number of likely N-dealkylation sites (N-methyl/N-ethyl adjacent to an activating group) is 1. The number of H-pyrrole nitrogens is 1. The highest BCUT2D eigenvalue weighted by atomic mass is 16.3. The molecule has 1 saturated heterocycles. The number of anilines is 2. The van der Waals surface area contributed by atoms with E-state index >= 15 is 0 Å². The lowest BCUT2D eigenvalue weighted by molar-refractivity contribution is 0.148. The Morgan fingerprint density at radius 1 is 1.08 bits per heavy atom. The molecule has 0 amide bonds. The van der Waals surface area contributed by atoms with Crippen molar-refractivity contribution in [2.24, 2.45) is 0 Å². The second-order valence-electron chi connectivity index (χ2n) is 9.98. The third kappa shape index (κ3) is 4.35. The topological polar surface area (TPSA) is 84.1 Å². The van der Waals surface area contributed by atoms with Crippen LogP contribution in [-0.2, 0) is 6.54 Å². The van der Waals surface area contributed by atoms with E-state index in [4.69, 9.17) is 4.42 Å². The molecule has 37 heavy (non-hydrogen) atoms. The molecular formula is C30H30N6O. The third-order valence-corrected chi connectivity index (χ3v) is 7.48. The first-order valence-electron chi connectivity index (χ1n) is 12.7. The molecule has 7 heteroatoms. The van der Waals surface area contributed by atoms with Gasteiger partial charge in [0.05, 0.1) is 22.5 Å². The van der Waals surface area contributed by atoms with Crippen LogP contribution >= 0.6 is 0 Å². The van der Waals surface area contributed by atoms with Crippen LogP contribution in [0.4, 0.5) is 11.4 Å². The predicted molar refractivity (Wildman–Crippen MR) is 148 cm³/mol. The zero-order valence-electron chi connectivity index (χ0n) is 21.4. The Morgan fingerprint density at radius 2 is 1.92 bits per heavy atom. The van der Waals surface area contributed by atoms with Crippen LogP contribution in [0.15, 0.2) is 59.3 Å². The van der Waals surface area contributed by atoms with E-state index < -0.39 is 0 Å². The second kappa shape index (κ2) is 9.40. The third-order valence-electron chi connectivity index (χ3n) is 7.48. The van der Waals surface area contributed by atoms with E-state index in [0.29, 0.717) is 17.0 Å². The van der Waals surface area contributed by atoms with Crippen molar-refractivity contribution in [2.45, 2.75) is 20.4 Å². The lowest BCUT2D eigenvalue weighted by Crippen LogP contribution is -2.43. The Kier molecular flexibility index (Phi) is 5.91. The number of hydrogen-bond donors (Lipinski definition) is 2. The largest absolute Gasteiger partial charge is 0.456 e. The van der Waals surface area contributed by atoms with Crippen molar-refractivity contribution < 1.29 is 4.42 Å². The average molecular weight is 491 g/mol. The Hall–Kier alpha value is -4.12. The van der Waals surface area contributed by atoms with E-state index in [1.54, 1.807) is 6.20 Å². The minimum absolute atomic E-state index is 0.477. The van der Waals surface area contributed by atoms with Gasteiger partial charge in [-0.05, 0) is 68.4 Å². The smallest absolute Gasteiger partial charge is 0.139 e. The summed E-state index contributed by atoms with van der Waals surface area (Å²) in [6.45, 7) is 9.34. The zero-order chi connectivity index (χ0) is 25.5. The van der Waals surface area contributed by atoms with Gasteiger partial charge in [0.1, 0.15) is 17.4 Å². The number of piperazine rings is 1.